The smallest absolute Gasteiger partial charge is 0.255 e. The van der Waals surface area contributed by atoms with Crippen LogP contribution in [-0.4, -0.2) is 101 Å². The first-order chi connectivity index (χ1) is 28.7. The van der Waals surface area contributed by atoms with Crippen molar-refractivity contribution in [2.75, 3.05) is 31.5 Å². The number of fused-ring (bicyclic) bond motifs is 2. The van der Waals surface area contributed by atoms with Gasteiger partial charge in [-0.25, -0.2) is 9.97 Å². The van der Waals surface area contributed by atoms with Crippen molar-refractivity contribution in [3.05, 3.63) is 95.7 Å². The topological polar surface area (TPSA) is 150 Å². The number of imidazole rings is 1. The Morgan fingerprint density at radius 3 is 2.47 bits per heavy atom. The highest BCUT2D eigenvalue weighted by Crippen LogP contribution is 2.46. The lowest BCUT2D eigenvalue weighted by Gasteiger charge is -2.48. The summed E-state index contributed by atoms with van der Waals surface area (Å²) in [5.74, 6) is -0.252. The second-order valence-electron chi connectivity index (χ2n) is 17.4. The summed E-state index contributed by atoms with van der Waals surface area (Å²) in [6.45, 7) is 6.00. The molecule has 1 atom stereocenters. The molecule has 5 aromatic rings. The molecule has 2 aromatic carbocycles. The third-order valence-corrected chi connectivity index (χ3v) is 13.9. The standard InChI is InChI=1S/C45H50N10O4/c1-29-3-2-4-30(23-29)38-26-47-40(41-46-17-22-53(38)41)49-33-25-48-55(28-33)35-11-18-51(19-12-35)34-9-13-45(14-10-34)15-20-52(21-16-45)43(58)31-5-6-36-32(24-31)27-54(44(36)59)37-7-8-39(56)50-42(37)57/h2-6,17,22-26,28,34-35,37H,7-16,18-21,27H2,1H3,(H,47,49)(H,50,56,57). The van der Waals surface area contributed by atoms with Crippen LogP contribution in [0.3, 0.4) is 0 Å². The van der Waals surface area contributed by atoms with Crippen LogP contribution in [0.25, 0.3) is 16.9 Å². The maximum Gasteiger partial charge on any atom is 0.255 e. The largest absolute Gasteiger partial charge is 0.339 e. The molecule has 59 heavy (non-hydrogen) atoms. The molecule has 2 N–H and O–H groups in total. The lowest BCUT2D eigenvalue weighted by molar-refractivity contribution is -0.136. The molecule has 7 heterocycles. The van der Waals surface area contributed by atoms with Crippen molar-refractivity contribution >= 4 is 40.8 Å². The van der Waals surface area contributed by atoms with Crippen LogP contribution in [0.4, 0.5) is 11.5 Å². The minimum Gasteiger partial charge on any atom is -0.339 e. The van der Waals surface area contributed by atoms with Crippen molar-refractivity contribution in [1.82, 2.24) is 44.2 Å². The first kappa shape index (κ1) is 37.4. The van der Waals surface area contributed by atoms with Gasteiger partial charge in [0.05, 0.1) is 29.8 Å². The third-order valence-electron chi connectivity index (χ3n) is 13.9. The molecule has 1 unspecified atom stereocenters. The van der Waals surface area contributed by atoms with Crippen molar-refractivity contribution in [2.24, 2.45) is 5.41 Å². The van der Waals surface area contributed by atoms with Gasteiger partial charge in [0.1, 0.15) is 6.04 Å². The number of anilines is 2. The number of nitrogens with one attached hydrogen (secondary N) is 2. The number of nitrogens with zero attached hydrogens (tertiary/aromatic N) is 8. The van der Waals surface area contributed by atoms with E-state index in [1.165, 1.54) is 36.1 Å². The van der Waals surface area contributed by atoms with Gasteiger partial charge < -0.3 is 20.0 Å². The zero-order valence-electron chi connectivity index (χ0n) is 33.5. The number of likely N-dealkylation sites (tertiary alicyclic amines) is 2. The number of carbonyl (C=O) groups excluding carboxylic acids is 4. The number of piperidine rings is 3. The number of aromatic nitrogens is 5. The van der Waals surface area contributed by atoms with Gasteiger partial charge in [-0.1, -0.05) is 23.8 Å². The molecule has 304 valence electrons. The molecule has 0 bridgehead atoms. The highest BCUT2D eigenvalue weighted by molar-refractivity contribution is 6.06. The van der Waals surface area contributed by atoms with Crippen LogP contribution >= 0.6 is 0 Å². The van der Waals surface area contributed by atoms with Crippen LogP contribution in [0.2, 0.25) is 0 Å². The zero-order valence-corrected chi connectivity index (χ0v) is 33.5. The molecule has 3 aromatic heterocycles. The number of rotatable bonds is 7. The third kappa shape index (κ3) is 7.06. The summed E-state index contributed by atoms with van der Waals surface area (Å²) in [6.07, 6.45) is 19.2. The van der Waals surface area contributed by atoms with E-state index in [4.69, 9.17) is 10.1 Å². The number of hydrogen-bond acceptors (Lipinski definition) is 9. The van der Waals surface area contributed by atoms with Crippen LogP contribution in [0, 0.1) is 12.3 Å². The van der Waals surface area contributed by atoms with Gasteiger partial charge in [0.15, 0.2) is 11.5 Å². The van der Waals surface area contributed by atoms with E-state index in [0.717, 1.165) is 80.0 Å². The molecule has 1 aliphatic carbocycles. The molecule has 5 aliphatic rings. The van der Waals surface area contributed by atoms with E-state index < -0.39 is 11.9 Å². The molecular formula is C45H50N10O4. The molecule has 1 spiro atoms. The van der Waals surface area contributed by atoms with Gasteiger partial charge >= 0.3 is 0 Å². The second-order valence-corrected chi connectivity index (χ2v) is 17.4. The number of carbonyl (C=O) groups is 4. The van der Waals surface area contributed by atoms with Crippen molar-refractivity contribution in [3.8, 4) is 11.3 Å². The summed E-state index contributed by atoms with van der Waals surface area (Å²) in [5, 5.41) is 10.6. The number of imide groups is 1. The molecule has 1 saturated carbocycles. The number of amides is 4. The molecule has 4 fully saturated rings. The number of aryl methyl sites for hydroxylation is 1. The fraction of sp³-hybridized carbons (Fsp3) is 0.444. The van der Waals surface area contributed by atoms with Gasteiger partial charge in [0.25, 0.3) is 11.8 Å². The summed E-state index contributed by atoms with van der Waals surface area (Å²) < 4.78 is 4.19. The molecule has 4 amide bonds. The van der Waals surface area contributed by atoms with Crippen LogP contribution in [0.15, 0.2) is 73.4 Å². The highest BCUT2D eigenvalue weighted by Gasteiger charge is 2.42. The summed E-state index contributed by atoms with van der Waals surface area (Å²) in [6, 6.07) is 14.0. The molecule has 14 nitrogen and oxygen atoms in total. The zero-order chi connectivity index (χ0) is 40.3. The predicted molar refractivity (Wildman–Crippen MR) is 221 cm³/mol. The van der Waals surface area contributed by atoms with Crippen LogP contribution in [0.1, 0.15) is 102 Å². The van der Waals surface area contributed by atoms with Crippen molar-refractivity contribution < 1.29 is 19.2 Å². The molecule has 3 saturated heterocycles. The predicted octanol–water partition coefficient (Wildman–Crippen LogP) is 5.91. The van der Waals surface area contributed by atoms with Crippen molar-refractivity contribution in [3.63, 3.8) is 0 Å². The molecule has 10 rings (SSSR count). The molecule has 0 radical (unpaired) electrons. The molecule has 14 heteroatoms. The van der Waals surface area contributed by atoms with Gasteiger partial charge in [-0.05, 0) is 100.0 Å². The van der Waals surface area contributed by atoms with Gasteiger partial charge in [0.2, 0.25) is 11.8 Å². The Labute approximate surface area is 343 Å². The number of hydrogen-bond donors (Lipinski definition) is 2. The fourth-order valence-corrected chi connectivity index (χ4v) is 10.4. The average molecular weight is 795 g/mol. The van der Waals surface area contributed by atoms with E-state index in [2.05, 4.69) is 67.0 Å². The van der Waals surface area contributed by atoms with Crippen LogP contribution in [-0.2, 0) is 16.1 Å². The molecule has 4 aliphatic heterocycles. The number of benzene rings is 2. The summed E-state index contributed by atoms with van der Waals surface area (Å²) >= 11 is 0. The highest BCUT2D eigenvalue weighted by atomic mass is 16.2. The first-order valence-electron chi connectivity index (χ1n) is 21.2. The van der Waals surface area contributed by atoms with E-state index in [1.54, 1.807) is 12.1 Å². The average Bonchev–Trinajstić information content (AvgIpc) is 4.01. The Kier molecular flexibility index (Phi) is 9.54. The fourth-order valence-electron chi connectivity index (χ4n) is 10.4. The Balaban J connectivity index is 0.694. The van der Waals surface area contributed by atoms with Crippen molar-refractivity contribution in [1.29, 1.82) is 0 Å². The van der Waals surface area contributed by atoms with Gasteiger partial charge in [0, 0.05) is 80.5 Å². The normalized spacial score (nSPS) is 21.6. The summed E-state index contributed by atoms with van der Waals surface area (Å²) in [5.41, 5.74) is 7.15. The Bertz CT molecular complexity index is 2450. The second kappa shape index (κ2) is 15.0. The summed E-state index contributed by atoms with van der Waals surface area (Å²) in [7, 11) is 0. The minimum absolute atomic E-state index is 0.00531. The van der Waals surface area contributed by atoms with Crippen LogP contribution in [0.5, 0.6) is 0 Å². The monoisotopic (exact) mass is 794 g/mol. The lowest BCUT2D eigenvalue weighted by atomic mass is 9.66. The van der Waals surface area contributed by atoms with Crippen LogP contribution < -0.4 is 10.6 Å². The summed E-state index contributed by atoms with van der Waals surface area (Å²) in [4.78, 5) is 66.5. The maximum atomic E-state index is 13.7. The van der Waals surface area contributed by atoms with Gasteiger partial charge in [-0.2, -0.15) is 5.10 Å². The lowest BCUT2D eigenvalue weighted by Crippen LogP contribution is -2.52. The first-order valence-corrected chi connectivity index (χ1v) is 21.2. The Hall–Kier alpha value is -5.89. The Morgan fingerprint density at radius 1 is 0.881 bits per heavy atom. The van der Waals surface area contributed by atoms with Gasteiger partial charge in [-0.15, -0.1) is 0 Å². The van der Waals surface area contributed by atoms with E-state index in [1.807, 2.05) is 35.8 Å². The SMILES string of the molecule is Cc1cccc(-c2cnc(Nc3cnn(C4CCN(C5CCC6(CC5)CCN(C(=O)c5ccc7c(c5)CN(C5CCC(=O)NC5=O)C7=O)CC6)CC4)c3)c3nccn23)c1. The van der Waals surface area contributed by atoms with Gasteiger partial charge in [-0.3, -0.25) is 33.6 Å². The maximum absolute atomic E-state index is 13.7. The van der Waals surface area contributed by atoms with E-state index in [9.17, 15) is 19.2 Å². The van der Waals surface area contributed by atoms with E-state index >= 15 is 0 Å². The van der Waals surface area contributed by atoms with E-state index in [0.29, 0.717) is 40.9 Å². The molecular weight excluding hydrogens is 745 g/mol. The van der Waals surface area contributed by atoms with E-state index in [-0.39, 0.29) is 30.7 Å². The van der Waals surface area contributed by atoms with Crippen molar-refractivity contribution in [2.45, 2.75) is 95.8 Å². The Morgan fingerprint density at radius 2 is 1.69 bits per heavy atom. The minimum atomic E-state index is -0.667. The quantitative estimate of drug-likeness (QED) is 0.192.